The van der Waals surface area contributed by atoms with Crippen molar-refractivity contribution >= 4 is 38.4 Å². The number of carbonyl (C=O) groups is 2. The minimum Gasteiger partial charge on any atom is -0.301 e. The Balaban J connectivity index is 1.64. The Morgan fingerprint density at radius 3 is 2.82 bits per heavy atom. The Morgan fingerprint density at radius 1 is 1.36 bits per heavy atom. The Labute approximate surface area is 132 Å². The van der Waals surface area contributed by atoms with Crippen molar-refractivity contribution in [3.05, 3.63) is 24.3 Å². The highest BCUT2D eigenvalue weighted by Gasteiger charge is 2.65. The molecule has 1 aromatic heterocycles. The van der Waals surface area contributed by atoms with Crippen LogP contribution in [0.2, 0.25) is 0 Å². The van der Waals surface area contributed by atoms with Crippen LogP contribution < -0.4 is 5.32 Å². The van der Waals surface area contributed by atoms with Gasteiger partial charge in [0.05, 0.1) is 10.2 Å². The number of Topliss-reactive ketones (excluding diaryl/α,β-unsaturated/α-hetero) is 1. The summed E-state index contributed by atoms with van der Waals surface area (Å²) in [6, 6.07) is 7.79. The molecule has 0 saturated heterocycles. The van der Waals surface area contributed by atoms with E-state index >= 15 is 0 Å². The number of rotatable bonds is 2. The summed E-state index contributed by atoms with van der Waals surface area (Å²) in [6.07, 6.45) is 2.33. The number of fused-ring (bicyclic) bond motifs is 3. The Kier molecular flexibility index (Phi) is 2.77. The summed E-state index contributed by atoms with van der Waals surface area (Å²) in [4.78, 5) is 30.0. The third-order valence-electron chi connectivity index (χ3n) is 5.50. The zero-order chi connectivity index (χ0) is 15.5. The average Bonchev–Trinajstić information content (AvgIpc) is 3.14. The highest BCUT2D eigenvalue weighted by molar-refractivity contribution is 7.22. The lowest BCUT2D eigenvalue weighted by Crippen LogP contribution is -2.44. The van der Waals surface area contributed by atoms with Gasteiger partial charge in [-0.15, -0.1) is 0 Å². The van der Waals surface area contributed by atoms with Gasteiger partial charge in [0, 0.05) is 5.41 Å². The van der Waals surface area contributed by atoms with Crippen molar-refractivity contribution in [2.45, 2.75) is 33.1 Å². The van der Waals surface area contributed by atoms with E-state index in [2.05, 4.69) is 10.3 Å². The smallest absolute Gasteiger partial charge is 0.239 e. The van der Waals surface area contributed by atoms with E-state index in [1.54, 1.807) is 0 Å². The summed E-state index contributed by atoms with van der Waals surface area (Å²) in [5, 5.41) is 3.49. The van der Waals surface area contributed by atoms with Gasteiger partial charge in [-0.05, 0) is 37.3 Å². The lowest BCUT2D eigenvalue weighted by molar-refractivity contribution is -0.142. The summed E-state index contributed by atoms with van der Waals surface area (Å²) in [6.45, 7) is 3.96. The fourth-order valence-corrected chi connectivity index (χ4v) is 4.98. The first-order valence-electron chi connectivity index (χ1n) is 7.65. The van der Waals surface area contributed by atoms with Gasteiger partial charge in [0.1, 0.15) is 5.41 Å². The Hall–Kier alpha value is -1.75. The monoisotopic (exact) mass is 314 g/mol. The van der Waals surface area contributed by atoms with E-state index in [-0.39, 0.29) is 17.1 Å². The number of anilines is 1. The quantitative estimate of drug-likeness (QED) is 0.861. The van der Waals surface area contributed by atoms with E-state index in [0.717, 1.165) is 16.6 Å². The molecule has 0 radical (unpaired) electrons. The first-order valence-corrected chi connectivity index (χ1v) is 8.47. The molecule has 114 valence electrons. The van der Waals surface area contributed by atoms with Crippen LogP contribution in [0.3, 0.4) is 0 Å². The molecular weight excluding hydrogens is 296 g/mol. The molecule has 2 atom stereocenters. The summed E-state index contributed by atoms with van der Waals surface area (Å²) in [5.74, 6) is 0.278. The molecule has 1 N–H and O–H groups in total. The van der Waals surface area contributed by atoms with Gasteiger partial charge >= 0.3 is 0 Å². The zero-order valence-corrected chi connectivity index (χ0v) is 13.5. The fourth-order valence-electron chi connectivity index (χ4n) is 4.12. The van der Waals surface area contributed by atoms with Gasteiger partial charge in [-0.3, -0.25) is 9.59 Å². The third-order valence-corrected chi connectivity index (χ3v) is 6.46. The summed E-state index contributed by atoms with van der Waals surface area (Å²) < 4.78 is 1.04. The molecule has 5 heteroatoms. The number of aromatic nitrogens is 1. The number of nitrogens with one attached hydrogen (secondary N) is 1. The van der Waals surface area contributed by atoms with Crippen molar-refractivity contribution in [3.8, 4) is 0 Å². The second kappa shape index (κ2) is 4.38. The van der Waals surface area contributed by atoms with Crippen LogP contribution in [-0.2, 0) is 9.59 Å². The predicted octanol–water partition coefficient (Wildman–Crippen LogP) is 3.63. The highest BCUT2D eigenvalue weighted by atomic mass is 32.1. The van der Waals surface area contributed by atoms with E-state index in [4.69, 9.17) is 0 Å². The van der Waals surface area contributed by atoms with Crippen LogP contribution in [0, 0.1) is 16.7 Å². The van der Waals surface area contributed by atoms with Crippen LogP contribution in [0.25, 0.3) is 10.2 Å². The molecule has 0 spiro atoms. The second-order valence-electron chi connectivity index (χ2n) is 7.01. The minimum absolute atomic E-state index is 0.106. The number of hydrogen-bond donors (Lipinski definition) is 1. The lowest BCUT2D eigenvalue weighted by atomic mass is 9.70. The number of carbonyl (C=O) groups excluding carboxylic acids is 2. The summed E-state index contributed by atoms with van der Waals surface area (Å²) >= 11 is 1.45. The molecule has 2 saturated carbocycles. The van der Waals surface area contributed by atoms with Crippen LogP contribution in [0.15, 0.2) is 24.3 Å². The van der Waals surface area contributed by atoms with Gasteiger partial charge < -0.3 is 5.32 Å². The maximum absolute atomic E-state index is 12.8. The molecule has 1 amide bonds. The van der Waals surface area contributed by atoms with Gasteiger partial charge in [-0.1, -0.05) is 37.3 Å². The molecule has 4 nitrogen and oxygen atoms in total. The number of hydrogen-bond acceptors (Lipinski definition) is 4. The van der Waals surface area contributed by atoms with Gasteiger partial charge in [0.2, 0.25) is 5.91 Å². The Morgan fingerprint density at radius 2 is 2.14 bits per heavy atom. The number of amides is 1. The minimum atomic E-state index is -0.827. The van der Waals surface area contributed by atoms with E-state index in [9.17, 15) is 9.59 Å². The SMILES string of the molecule is CC1(C)C(=O)C2(C(=O)Nc3nc4ccccc4s3)CCC1C2. The predicted molar refractivity (Wildman–Crippen MR) is 86.8 cm³/mol. The van der Waals surface area contributed by atoms with Gasteiger partial charge in [-0.25, -0.2) is 4.98 Å². The van der Waals surface area contributed by atoms with Crippen LogP contribution in [-0.4, -0.2) is 16.7 Å². The van der Waals surface area contributed by atoms with Crippen molar-refractivity contribution in [2.75, 3.05) is 5.32 Å². The standard InChI is InChI=1S/C17H18N2O2S/c1-16(2)10-7-8-17(9-10,13(16)20)14(21)19-15-18-11-5-3-4-6-12(11)22-15/h3-6,10H,7-9H2,1-2H3,(H,18,19,21). The maximum atomic E-state index is 12.8. The van der Waals surface area contributed by atoms with Crippen LogP contribution in [0.5, 0.6) is 0 Å². The van der Waals surface area contributed by atoms with Gasteiger partial charge in [0.15, 0.2) is 10.9 Å². The van der Waals surface area contributed by atoms with Crippen LogP contribution in [0.4, 0.5) is 5.13 Å². The van der Waals surface area contributed by atoms with E-state index in [0.29, 0.717) is 23.9 Å². The topological polar surface area (TPSA) is 59.1 Å². The van der Waals surface area contributed by atoms with E-state index in [1.165, 1.54) is 11.3 Å². The molecule has 2 aliphatic carbocycles. The zero-order valence-electron chi connectivity index (χ0n) is 12.7. The van der Waals surface area contributed by atoms with Crippen molar-refractivity contribution in [2.24, 2.45) is 16.7 Å². The lowest BCUT2D eigenvalue weighted by Gasteiger charge is -2.32. The molecule has 2 fully saturated rings. The molecule has 1 heterocycles. The summed E-state index contributed by atoms with van der Waals surface area (Å²) in [7, 11) is 0. The number of ketones is 1. The largest absolute Gasteiger partial charge is 0.301 e. The molecule has 2 bridgehead atoms. The van der Waals surface area contributed by atoms with Crippen molar-refractivity contribution in [3.63, 3.8) is 0 Å². The van der Waals surface area contributed by atoms with Crippen LogP contribution >= 0.6 is 11.3 Å². The molecule has 2 aromatic rings. The molecule has 2 unspecified atom stereocenters. The van der Waals surface area contributed by atoms with Crippen molar-refractivity contribution < 1.29 is 9.59 Å². The third kappa shape index (κ3) is 1.72. The highest BCUT2D eigenvalue weighted by Crippen LogP contribution is 2.60. The first-order chi connectivity index (χ1) is 10.4. The summed E-state index contributed by atoms with van der Waals surface area (Å²) in [5.41, 5.74) is -0.322. The van der Waals surface area contributed by atoms with E-state index in [1.807, 2.05) is 38.1 Å². The average molecular weight is 314 g/mol. The molecule has 1 aromatic carbocycles. The molecule has 4 rings (SSSR count). The molecule has 22 heavy (non-hydrogen) atoms. The Bertz CT molecular complexity index is 762. The van der Waals surface area contributed by atoms with Crippen LogP contribution in [0.1, 0.15) is 33.1 Å². The number of para-hydroxylation sites is 1. The molecule has 0 aliphatic heterocycles. The van der Waals surface area contributed by atoms with Gasteiger partial charge in [-0.2, -0.15) is 0 Å². The number of benzene rings is 1. The second-order valence-corrected chi connectivity index (χ2v) is 8.04. The number of thiazole rings is 1. The van der Waals surface area contributed by atoms with Crippen molar-refractivity contribution in [1.29, 1.82) is 0 Å². The maximum Gasteiger partial charge on any atom is 0.239 e. The van der Waals surface area contributed by atoms with E-state index < -0.39 is 5.41 Å². The van der Waals surface area contributed by atoms with Crippen molar-refractivity contribution in [1.82, 2.24) is 4.98 Å². The number of nitrogens with zero attached hydrogens (tertiary/aromatic N) is 1. The molecule has 2 aliphatic rings. The molecular formula is C17H18N2O2S. The fraction of sp³-hybridized carbons (Fsp3) is 0.471. The normalized spacial score (nSPS) is 29.2. The van der Waals surface area contributed by atoms with Gasteiger partial charge in [0.25, 0.3) is 0 Å². The first kappa shape index (κ1) is 13.9.